The number of phenolic OH excluding ortho intramolecular Hbond substituents is 3. The number of aromatic hydroxyl groups is 3. The molecule has 276 valence electrons. The van der Waals surface area contributed by atoms with Gasteiger partial charge in [-0.2, -0.15) is 0 Å². The maximum atomic E-state index is 14.8. The second-order valence-electron chi connectivity index (χ2n) is 18.5. The van der Waals surface area contributed by atoms with Gasteiger partial charge in [0, 0.05) is 0 Å². The van der Waals surface area contributed by atoms with E-state index < -0.39 is 33.7 Å². The molecule has 0 radical (unpaired) electrons. The van der Waals surface area contributed by atoms with Gasteiger partial charge in [-0.15, -0.1) is 0 Å². The van der Waals surface area contributed by atoms with Gasteiger partial charge in [-0.1, -0.05) is 98.7 Å². The Bertz CT molecular complexity index is 1900. The Kier molecular flexibility index (Phi) is 9.48. The van der Waals surface area contributed by atoms with Crippen LogP contribution in [0, 0.1) is 0 Å². The zero-order valence-electron chi connectivity index (χ0n) is 33.1. The first-order valence-electron chi connectivity index (χ1n) is 17.5. The van der Waals surface area contributed by atoms with Gasteiger partial charge in [0.05, 0.1) is 16.6 Å². The van der Waals surface area contributed by atoms with Crippen molar-refractivity contribution in [2.45, 2.75) is 137 Å². The van der Waals surface area contributed by atoms with Crippen molar-refractivity contribution in [1.29, 1.82) is 0 Å². The summed E-state index contributed by atoms with van der Waals surface area (Å²) >= 11 is 0. The monoisotopic (exact) mass is 699 g/mol. The molecular weight excluding hydrogens is 642 g/mol. The molecule has 0 aliphatic rings. The van der Waals surface area contributed by atoms with Crippen LogP contribution in [0.2, 0.25) is 0 Å². The van der Waals surface area contributed by atoms with Crippen LogP contribution in [0.4, 0.5) is 0 Å². The van der Waals surface area contributed by atoms with Crippen molar-refractivity contribution in [3.63, 3.8) is 0 Å². The topological polar surface area (TPSA) is 127 Å². The van der Waals surface area contributed by atoms with Crippen LogP contribution in [0.1, 0.15) is 137 Å². The van der Waals surface area contributed by atoms with Gasteiger partial charge in [0.1, 0.15) is 17.2 Å². The lowest BCUT2D eigenvalue weighted by Crippen LogP contribution is -2.65. The fourth-order valence-electron chi connectivity index (χ4n) is 7.01. The molecule has 0 saturated carbocycles. The highest BCUT2D eigenvalue weighted by Gasteiger charge is 2.40. The van der Waals surface area contributed by atoms with Crippen LogP contribution in [-0.2, 0) is 32.9 Å². The fourth-order valence-corrected chi connectivity index (χ4v) is 7.01. The summed E-state index contributed by atoms with van der Waals surface area (Å²) in [6, 6.07) is 15.4. The van der Waals surface area contributed by atoms with E-state index in [-0.39, 0.29) is 33.5 Å². The van der Waals surface area contributed by atoms with Crippen molar-refractivity contribution in [2.24, 2.45) is 0 Å². The summed E-state index contributed by atoms with van der Waals surface area (Å²) in [5.41, 5.74) is -4.14. The molecule has 0 aliphatic carbocycles. The lowest BCUT2D eigenvalue weighted by atomic mass is 9.83. The molecule has 0 bridgehead atoms. The van der Waals surface area contributed by atoms with E-state index in [1.54, 1.807) is 96.1 Å². The van der Waals surface area contributed by atoms with Crippen molar-refractivity contribution in [3.05, 3.63) is 119 Å². The Morgan fingerprint density at radius 2 is 0.569 bits per heavy atom. The Hall–Kier alpha value is -4.53. The number of hydrogen-bond acceptors (Lipinski definition) is 6. The number of aromatic nitrogens is 3. The van der Waals surface area contributed by atoms with Gasteiger partial charge >= 0.3 is 17.1 Å². The van der Waals surface area contributed by atoms with Gasteiger partial charge in [-0.3, -0.25) is 0 Å². The standard InChI is InChI=1S/C42H57N3O6/c1-37(2,3)28-19-16-25(22-31(28)46)40(10,11)43-34(49)44(41(12,13)26-17-20-29(32(47)23-26)38(4,5)6)36(51)45(35(43)50)42(14,15)27-18-21-30(33(48)24-27)39(7,8)9/h16-24,46-48H,1-15H3. The zero-order chi connectivity index (χ0) is 39.0. The third-order valence-electron chi connectivity index (χ3n) is 10.4. The predicted octanol–water partition coefficient (Wildman–Crippen LogP) is 7.53. The molecule has 4 aromatic rings. The second-order valence-corrected chi connectivity index (χ2v) is 18.5. The molecule has 9 heteroatoms. The number of rotatable bonds is 6. The third-order valence-corrected chi connectivity index (χ3v) is 10.4. The Morgan fingerprint density at radius 3 is 0.725 bits per heavy atom. The highest BCUT2D eigenvalue weighted by molar-refractivity contribution is 5.45. The molecule has 0 aliphatic heterocycles. The smallest absolute Gasteiger partial charge is 0.337 e. The number of phenols is 3. The van der Waals surface area contributed by atoms with Crippen LogP contribution in [0.5, 0.6) is 17.2 Å². The minimum Gasteiger partial charge on any atom is -0.508 e. The zero-order valence-corrected chi connectivity index (χ0v) is 33.1. The van der Waals surface area contributed by atoms with Crippen molar-refractivity contribution >= 4 is 0 Å². The highest BCUT2D eigenvalue weighted by Crippen LogP contribution is 2.38. The van der Waals surface area contributed by atoms with Crippen molar-refractivity contribution in [3.8, 4) is 17.2 Å². The van der Waals surface area contributed by atoms with Gasteiger partial charge < -0.3 is 15.3 Å². The van der Waals surface area contributed by atoms with Crippen LogP contribution in [-0.4, -0.2) is 29.0 Å². The van der Waals surface area contributed by atoms with E-state index >= 15 is 0 Å². The van der Waals surface area contributed by atoms with Crippen molar-refractivity contribution in [2.75, 3.05) is 0 Å². The summed E-state index contributed by atoms with van der Waals surface area (Å²) in [6.07, 6.45) is 0. The van der Waals surface area contributed by atoms with Gasteiger partial charge in [-0.05, 0) is 109 Å². The quantitative estimate of drug-likeness (QED) is 0.191. The Balaban J connectivity index is 2.15. The summed E-state index contributed by atoms with van der Waals surface area (Å²) in [4.78, 5) is 44.5. The number of hydrogen-bond donors (Lipinski definition) is 3. The van der Waals surface area contributed by atoms with Gasteiger partial charge in [-0.25, -0.2) is 28.1 Å². The van der Waals surface area contributed by atoms with Gasteiger partial charge in [0.25, 0.3) is 0 Å². The first-order chi connectivity index (χ1) is 23.0. The van der Waals surface area contributed by atoms with E-state index in [4.69, 9.17) is 0 Å². The highest BCUT2D eigenvalue weighted by atomic mass is 16.3. The molecule has 0 saturated heterocycles. The molecule has 1 heterocycles. The lowest BCUT2D eigenvalue weighted by Gasteiger charge is -2.36. The third kappa shape index (κ3) is 6.79. The molecule has 4 rings (SSSR count). The summed E-state index contributed by atoms with van der Waals surface area (Å²) in [7, 11) is 0. The van der Waals surface area contributed by atoms with E-state index in [1.807, 2.05) is 62.3 Å². The van der Waals surface area contributed by atoms with E-state index in [9.17, 15) is 29.7 Å². The van der Waals surface area contributed by atoms with Crippen LogP contribution < -0.4 is 17.1 Å². The maximum Gasteiger partial charge on any atom is 0.337 e. The molecule has 3 aromatic carbocycles. The van der Waals surface area contributed by atoms with E-state index in [0.717, 1.165) is 13.7 Å². The minimum atomic E-state index is -1.36. The summed E-state index contributed by atoms with van der Waals surface area (Å²) in [5.74, 6) is 0.0813. The predicted molar refractivity (Wildman–Crippen MR) is 205 cm³/mol. The lowest BCUT2D eigenvalue weighted by molar-refractivity contribution is 0.266. The minimum absolute atomic E-state index is 0.0271. The molecule has 0 fully saturated rings. The Morgan fingerprint density at radius 1 is 0.373 bits per heavy atom. The number of nitrogens with zero attached hydrogens (tertiary/aromatic N) is 3. The molecule has 9 nitrogen and oxygen atoms in total. The van der Waals surface area contributed by atoms with Crippen molar-refractivity contribution < 1.29 is 15.3 Å². The first-order valence-corrected chi connectivity index (χ1v) is 17.5. The van der Waals surface area contributed by atoms with E-state index in [2.05, 4.69) is 0 Å². The summed E-state index contributed by atoms with van der Waals surface area (Å²) < 4.78 is 3.20. The second kappa shape index (κ2) is 12.3. The Labute approximate surface area is 301 Å². The molecule has 51 heavy (non-hydrogen) atoms. The van der Waals surface area contributed by atoms with Crippen LogP contribution in [0.3, 0.4) is 0 Å². The fraction of sp³-hybridized carbons (Fsp3) is 0.500. The molecule has 0 spiro atoms. The van der Waals surface area contributed by atoms with Crippen LogP contribution in [0.25, 0.3) is 0 Å². The maximum absolute atomic E-state index is 14.8. The first kappa shape index (κ1) is 39.3. The summed E-state index contributed by atoms with van der Waals surface area (Å²) in [6.45, 7) is 28.0. The van der Waals surface area contributed by atoms with Crippen molar-refractivity contribution in [1.82, 2.24) is 13.7 Å². The van der Waals surface area contributed by atoms with Crippen LogP contribution in [0.15, 0.2) is 69.0 Å². The number of benzene rings is 3. The molecule has 3 N–H and O–H groups in total. The average Bonchev–Trinajstić information content (AvgIpc) is 2.94. The average molecular weight is 700 g/mol. The van der Waals surface area contributed by atoms with Gasteiger partial charge in [0.15, 0.2) is 0 Å². The molecule has 0 atom stereocenters. The summed E-state index contributed by atoms with van der Waals surface area (Å²) in [5, 5.41) is 33.4. The van der Waals surface area contributed by atoms with E-state index in [0.29, 0.717) is 33.4 Å². The molecular formula is C42H57N3O6. The van der Waals surface area contributed by atoms with E-state index in [1.165, 1.54) is 0 Å². The van der Waals surface area contributed by atoms with Gasteiger partial charge in [0.2, 0.25) is 0 Å². The molecule has 0 unspecified atom stereocenters. The largest absolute Gasteiger partial charge is 0.508 e. The van der Waals surface area contributed by atoms with Crippen LogP contribution >= 0.6 is 0 Å². The SMILES string of the molecule is CC(C)(C)c1ccc(C(C)(C)n2c(=O)n(C(C)(C)c3ccc(C(C)(C)C)c(O)c3)c(=O)n(C(C)(C)c3ccc(C(C)(C)C)c(O)c3)c2=O)cc1O. The molecule has 1 aromatic heterocycles. The molecule has 0 amide bonds. The normalized spacial score (nSPS) is 13.5.